The van der Waals surface area contributed by atoms with Gasteiger partial charge in [-0.3, -0.25) is 4.79 Å². The zero-order chi connectivity index (χ0) is 15.5. The van der Waals surface area contributed by atoms with Gasteiger partial charge in [0.25, 0.3) is 0 Å². The maximum absolute atomic E-state index is 12.8. The predicted molar refractivity (Wildman–Crippen MR) is 63.5 cm³/mol. The number of aliphatic hydroxyl groups excluding tert-OH is 2. The van der Waals surface area contributed by atoms with Crippen molar-refractivity contribution in [2.45, 2.75) is 24.8 Å². The predicted octanol–water partition coefficient (Wildman–Crippen LogP) is 1.24. The monoisotopic (exact) mass is 293 g/mol. The van der Waals surface area contributed by atoms with Crippen LogP contribution in [0.2, 0.25) is 0 Å². The highest BCUT2D eigenvalue weighted by molar-refractivity contribution is 5.69. The maximum Gasteiger partial charge on any atom is 0.416 e. The molecule has 4 N–H and O–H groups in total. The minimum absolute atomic E-state index is 0.00248. The summed E-state index contributed by atoms with van der Waals surface area (Å²) in [6.45, 7) is 0. The number of carbonyl (C=O) groups is 1. The van der Waals surface area contributed by atoms with Crippen molar-refractivity contribution in [2.24, 2.45) is 0 Å². The van der Waals surface area contributed by atoms with E-state index >= 15 is 0 Å². The molecule has 0 fully saturated rings. The van der Waals surface area contributed by atoms with Gasteiger partial charge in [0, 0.05) is 5.69 Å². The molecule has 0 aliphatic rings. The molecule has 0 aliphatic heterocycles. The summed E-state index contributed by atoms with van der Waals surface area (Å²) in [5, 5.41) is 19.4. The van der Waals surface area contributed by atoms with Gasteiger partial charge in [-0.15, -0.1) is 0 Å². The van der Waals surface area contributed by atoms with E-state index in [2.05, 4.69) is 4.74 Å². The lowest BCUT2D eigenvalue weighted by atomic mass is 9.96. The molecule has 20 heavy (non-hydrogen) atoms. The minimum Gasteiger partial charge on any atom is -0.469 e. The number of benzene rings is 1. The molecule has 0 aliphatic carbocycles. The van der Waals surface area contributed by atoms with Crippen LogP contribution in [0.25, 0.3) is 0 Å². The van der Waals surface area contributed by atoms with Crippen LogP contribution in [0.15, 0.2) is 18.2 Å². The Kier molecular flexibility index (Phi) is 4.96. The highest BCUT2D eigenvalue weighted by Gasteiger charge is 2.36. The molecule has 1 aromatic rings. The van der Waals surface area contributed by atoms with E-state index in [-0.39, 0.29) is 5.69 Å². The molecular formula is C12H14F3NO4. The fourth-order valence-corrected chi connectivity index (χ4v) is 1.66. The average molecular weight is 293 g/mol. The van der Waals surface area contributed by atoms with Crippen LogP contribution in [-0.4, -0.2) is 29.4 Å². The molecule has 1 aromatic carbocycles. The minimum atomic E-state index is -4.71. The van der Waals surface area contributed by atoms with Gasteiger partial charge < -0.3 is 20.7 Å². The Hall–Kier alpha value is -1.80. The van der Waals surface area contributed by atoms with E-state index in [1.807, 2.05) is 0 Å². The van der Waals surface area contributed by atoms with Gasteiger partial charge >= 0.3 is 12.1 Å². The number of ether oxygens (including phenoxy) is 1. The van der Waals surface area contributed by atoms with Crippen LogP contribution in [0.4, 0.5) is 18.9 Å². The van der Waals surface area contributed by atoms with Crippen LogP contribution in [0, 0.1) is 0 Å². The van der Waals surface area contributed by atoms with Crippen LogP contribution in [-0.2, 0) is 15.7 Å². The van der Waals surface area contributed by atoms with E-state index in [1.165, 1.54) is 0 Å². The summed E-state index contributed by atoms with van der Waals surface area (Å²) in [7, 11) is 1.06. The second-order valence-electron chi connectivity index (χ2n) is 4.14. The largest absolute Gasteiger partial charge is 0.469 e. The molecular weight excluding hydrogens is 279 g/mol. The third-order valence-electron chi connectivity index (χ3n) is 2.67. The molecule has 2 atom stereocenters. The molecule has 0 radical (unpaired) electrons. The van der Waals surface area contributed by atoms with Gasteiger partial charge in [0.15, 0.2) is 0 Å². The smallest absolute Gasteiger partial charge is 0.416 e. The second kappa shape index (κ2) is 6.10. The molecule has 0 aromatic heterocycles. The fourth-order valence-electron chi connectivity index (χ4n) is 1.66. The van der Waals surface area contributed by atoms with Crippen molar-refractivity contribution >= 4 is 11.7 Å². The molecule has 0 bridgehead atoms. The molecule has 0 saturated carbocycles. The Balaban J connectivity index is 3.11. The van der Waals surface area contributed by atoms with Crippen LogP contribution in [0.1, 0.15) is 23.7 Å². The first-order valence-corrected chi connectivity index (χ1v) is 5.56. The summed E-state index contributed by atoms with van der Waals surface area (Å²) < 4.78 is 42.7. The summed E-state index contributed by atoms with van der Waals surface area (Å²) in [4.78, 5) is 11.0. The van der Waals surface area contributed by atoms with Crippen LogP contribution in [0.5, 0.6) is 0 Å². The van der Waals surface area contributed by atoms with Gasteiger partial charge in [0.1, 0.15) is 6.10 Å². The Morgan fingerprint density at radius 3 is 2.50 bits per heavy atom. The lowest BCUT2D eigenvalue weighted by Gasteiger charge is -2.21. The van der Waals surface area contributed by atoms with Crippen molar-refractivity contribution in [3.63, 3.8) is 0 Å². The molecule has 5 nitrogen and oxygen atoms in total. The quantitative estimate of drug-likeness (QED) is 0.574. The molecule has 0 amide bonds. The van der Waals surface area contributed by atoms with Gasteiger partial charge in [-0.05, 0) is 23.8 Å². The standard InChI is InChI=1S/C12H14F3NO4/c1-20-10(18)5-9(17)11(19)7-4-6(16)2-3-8(7)12(13,14)15/h2-4,9,11,17,19H,5,16H2,1H3. The third kappa shape index (κ3) is 3.84. The Morgan fingerprint density at radius 2 is 2.00 bits per heavy atom. The van der Waals surface area contributed by atoms with E-state index in [4.69, 9.17) is 5.73 Å². The van der Waals surface area contributed by atoms with Gasteiger partial charge in [-0.2, -0.15) is 13.2 Å². The van der Waals surface area contributed by atoms with E-state index in [0.717, 1.165) is 19.2 Å². The van der Waals surface area contributed by atoms with E-state index in [1.54, 1.807) is 0 Å². The molecule has 0 heterocycles. The number of rotatable bonds is 4. The molecule has 0 spiro atoms. The summed E-state index contributed by atoms with van der Waals surface area (Å²) in [6.07, 6.45) is -8.99. The van der Waals surface area contributed by atoms with Crippen molar-refractivity contribution in [1.29, 1.82) is 0 Å². The van der Waals surface area contributed by atoms with E-state index in [0.29, 0.717) is 6.07 Å². The molecule has 1 rings (SSSR count). The number of esters is 1. The first-order valence-electron chi connectivity index (χ1n) is 5.56. The number of nitrogen functional groups attached to an aromatic ring is 1. The first-order chi connectivity index (χ1) is 9.16. The first kappa shape index (κ1) is 16.3. The number of nitrogens with two attached hydrogens (primary N) is 1. The summed E-state index contributed by atoms with van der Waals surface area (Å²) in [5.74, 6) is -0.853. The van der Waals surface area contributed by atoms with Crippen molar-refractivity contribution in [2.75, 3.05) is 12.8 Å². The average Bonchev–Trinajstić information content (AvgIpc) is 2.35. The topological polar surface area (TPSA) is 92.8 Å². The number of halogens is 3. The summed E-state index contributed by atoms with van der Waals surface area (Å²) in [6, 6.07) is 2.65. The lowest BCUT2D eigenvalue weighted by molar-refractivity contribution is -0.145. The highest BCUT2D eigenvalue weighted by Crippen LogP contribution is 2.36. The molecule has 2 unspecified atom stereocenters. The zero-order valence-electron chi connectivity index (χ0n) is 10.5. The number of aliphatic hydroxyl groups is 2. The number of carbonyl (C=O) groups excluding carboxylic acids is 1. The van der Waals surface area contributed by atoms with Crippen molar-refractivity contribution in [3.8, 4) is 0 Å². The Labute approximate surface area is 112 Å². The van der Waals surface area contributed by atoms with Gasteiger partial charge in [0.05, 0.1) is 25.2 Å². The second-order valence-corrected chi connectivity index (χ2v) is 4.14. The Morgan fingerprint density at radius 1 is 1.40 bits per heavy atom. The van der Waals surface area contributed by atoms with Gasteiger partial charge in [-0.1, -0.05) is 0 Å². The molecule has 0 saturated heterocycles. The van der Waals surface area contributed by atoms with Crippen molar-refractivity contribution in [3.05, 3.63) is 29.3 Å². The lowest BCUT2D eigenvalue weighted by Crippen LogP contribution is -2.25. The SMILES string of the molecule is COC(=O)CC(O)C(O)c1cc(N)ccc1C(F)(F)F. The number of hydrogen-bond acceptors (Lipinski definition) is 5. The fraction of sp³-hybridized carbons (Fsp3) is 0.417. The number of anilines is 1. The van der Waals surface area contributed by atoms with Crippen molar-refractivity contribution < 1.29 is 32.9 Å². The normalized spacial score (nSPS) is 14.7. The van der Waals surface area contributed by atoms with Crippen LogP contribution in [0.3, 0.4) is 0 Å². The van der Waals surface area contributed by atoms with Gasteiger partial charge in [0.2, 0.25) is 0 Å². The molecule has 8 heteroatoms. The number of hydrogen-bond donors (Lipinski definition) is 3. The van der Waals surface area contributed by atoms with Crippen molar-refractivity contribution in [1.82, 2.24) is 0 Å². The van der Waals surface area contributed by atoms with Crippen LogP contribution >= 0.6 is 0 Å². The van der Waals surface area contributed by atoms with Gasteiger partial charge in [-0.25, -0.2) is 0 Å². The Bertz CT molecular complexity index is 490. The summed E-state index contributed by atoms with van der Waals surface area (Å²) >= 11 is 0. The van der Waals surface area contributed by atoms with E-state index < -0.39 is 41.9 Å². The number of alkyl halides is 3. The van der Waals surface area contributed by atoms with Crippen LogP contribution < -0.4 is 5.73 Å². The van der Waals surface area contributed by atoms with E-state index in [9.17, 15) is 28.2 Å². The molecule has 112 valence electrons. The zero-order valence-corrected chi connectivity index (χ0v) is 10.5. The third-order valence-corrected chi connectivity index (χ3v) is 2.67. The maximum atomic E-state index is 12.8. The highest BCUT2D eigenvalue weighted by atomic mass is 19.4. The summed E-state index contributed by atoms with van der Waals surface area (Å²) in [5.41, 5.74) is 3.67. The number of methoxy groups -OCH3 is 1.